The molecular weight excluding hydrogens is 377 g/mol. The lowest BCUT2D eigenvalue weighted by molar-refractivity contribution is -0.113. The molecule has 0 spiro atoms. The quantitative estimate of drug-likeness (QED) is 0.709. The molecule has 24 heavy (non-hydrogen) atoms. The molecule has 0 aliphatic carbocycles. The Morgan fingerprint density at radius 2 is 2.17 bits per heavy atom. The Labute approximate surface area is 150 Å². The number of aldehydes is 1. The average Bonchev–Trinajstić information content (AvgIpc) is 2.49. The highest BCUT2D eigenvalue weighted by molar-refractivity contribution is 9.10. The zero-order valence-corrected chi connectivity index (χ0v) is 15.8. The fourth-order valence-corrected chi connectivity index (χ4v) is 3.43. The molecule has 0 aromatic heterocycles. The number of carbonyl (C=O) groups is 2. The van der Waals surface area contributed by atoms with Crippen LogP contribution in [0.25, 0.3) is 0 Å². The number of hydrogen-bond donors (Lipinski definition) is 0. The lowest BCUT2D eigenvalue weighted by atomic mass is 9.88. The van der Waals surface area contributed by atoms with Gasteiger partial charge in [-0.15, -0.1) is 0 Å². The molecule has 2 atom stereocenters. The average molecular weight is 400 g/mol. The molecular formula is C18H23BrFNO3. The Hall–Kier alpha value is -1.43. The van der Waals surface area contributed by atoms with Gasteiger partial charge in [0.15, 0.2) is 0 Å². The van der Waals surface area contributed by atoms with Gasteiger partial charge in [0.1, 0.15) is 17.7 Å². The van der Waals surface area contributed by atoms with Crippen molar-refractivity contribution in [1.29, 1.82) is 0 Å². The van der Waals surface area contributed by atoms with E-state index in [1.165, 1.54) is 6.07 Å². The lowest BCUT2D eigenvalue weighted by Crippen LogP contribution is -2.49. The molecule has 2 rings (SSSR count). The maximum Gasteiger partial charge on any atom is 0.410 e. The number of likely N-dealkylation sites (tertiary alicyclic amines) is 1. The monoisotopic (exact) mass is 399 g/mol. The standard InChI is InChI=1S/C18H23BrFNO3/c1-18(2,3)24-17(23)21-8-7-12(11-22)9-13(21)10-14-15(19)5-4-6-16(14)20/h4-6,11-13H,7-10H2,1-3H3. The molecule has 1 saturated heterocycles. The molecule has 1 amide bonds. The van der Waals surface area contributed by atoms with Crippen LogP contribution in [0.2, 0.25) is 0 Å². The second-order valence-corrected chi connectivity index (χ2v) is 8.01. The Balaban J connectivity index is 2.23. The smallest absolute Gasteiger partial charge is 0.410 e. The van der Waals surface area contributed by atoms with E-state index >= 15 is 0 Å². The number of benzene rings is 1. The minimum atomic E-state index is -0.596. The van der Waals surface area contributed by atoms with Crippen LogP contribution in [0.4, 0.5) is 9.18 Å². The number of hydrogen-bond acceptors (Lipinski definition) is 3. The number of halogens is 2. The number of amides is 1. The molecule has 4 nitrogen and oxygen atoms in total. The van der Waals surface area contributed by atoms with Gasteiger partial charge in [0.25, 0.3) is 0 Å². The molecule has 0 bridgehead atoms. The first-order valence-electron chi connectivity index (χ1n) is 8.09. The zero-order valence-electron chi connectivity index (χ0n) is 14.2. The SMILES string of the molecule is CC(C)(C)OC(=O)N1CCC(C=O)CC1Cc1c(F)cccc1Br. The molecule has 1 fully saturated rings. The van der Waals surface area contributed by atoms with Crippen molar-refractivity contribution in [3.8, 4) is 0 Å². The van der Waals surface area contributed by atoms with E-state index in [0.717, 1.165) is 6.29 Å². The molecule has 1 aliphatic heterocycles. The minimum Gasteiger partial charge on any atom is -0.444 e. The van der Waals surface area contributed by atoms with E-state index < -0.39 is 11.7 Å². The zero-order chi connectivity index (χ0) is 17.9. The molecule has 1 aromatic carbocycles. The highest BCUT2D eigenvalue weighted by atomic mass is 79.9. The predicted molar refractivity (Wildman–Crippen MR) is 93.3 cm³/mol. The predicted octanol–water partition coefficient (Wildman–Crippen LogP) is 4.35. The van der Waals surface area contributed by atoms with Crippen molar-refractivity contribution >= 4 is 28.3 Å². The van der Waals surface area contributed by atoms with Crippen molar-refractivity contribution in [2.45, 2.75) is 51.7 Å². The van der Waals surface area contributed by atoms with Crippen molar-refractivity contribution < 1.29 is 18.7 Å². The molecule has 0 radical (unpaired) electrons. The molecule has 2 unspecified atom stereocenters. The third-order valence-electron chi connectivity index (χ3n) is 4.08. The Morgan fingerprint density at radius 1 is 1.46 bits per heavy atom. The maximum absolute atomic E-state index is 14.1. The van der Waals surface area contributed by atoms with Crippen LogP contribution in [0.3, 0.4) is 0 Å². The van der Waals surface area contributed by atoms with Crippen LogP contribution in [-0.4, -0.2) is 35.5 Å². The van der Waals surface area contributed by atoms with E-state index in [0.29, 0.717) is 35.8 Å². The Bertz CT molecular complexity index is 595. The largest absolute Gasteiger partial charge is 0.444 e. The van der Waals surface area contributed by atoms with Crippen LogP contribution >= 0.6 is 15.9 Å². The number of carbonyl (C=O) groups excluding carboxylic acids is 2. The van der Waals surface area contributed by atoms with Crippen molar-refractivity contribution in [3.63, 3.8) is 0 Å². The summed E-state index contributed by atoms with van der Waals surface area (Å²) in [5, 5.41) is 0. The van der Waals surface area contributed by atoms with Gasteiger partial charge in [0, 0.05) is 28.5 Å². The van der Waals surface area contributed by atoms with E-state index in [4.69, 9.17) is 4.74 Å². The van der Waals surface area contributed by atoms with Gasteiger partial charge in [0.2, 0.25) is 0 Å². The Morgan fingerprint density at radius 3 is 2.75 bits per heavy atom. The normalized spacial score (nSPS) is 21.5. The summed E-state index contributed by atoms with van der Waals surface area (Å²) in [5.74, 6) is -0.430. The van der Waals surface area contributed by atoms with Crippen LogP contribution in [-0.2, 0) is 16.0 Å². The van der Waals surface area contributed by atoms with Crippen LogP contribution in [0.1, 0.15) is 39.2 Å². The molecule has 6 heteroatoms. The molecule has 0 saturated carbocycles. The first-order chi connectivity index (χ1) is 11.2. The second-order valence-electron chi connectivity index (χ2n) is 7.15. The summed E-state index contributed by atoms with van der Waals surface area (Å²) >= 11 is 3.37. The molecule has 1 aliphatic rings. The first-order valence-corrected chi connectivity index (χ1v) is 8.88. The third kappa shape index (κ3) is 4.79. The summed E-state index contributed by atoms with van der Waals surface area (Å²) in [6.45, 7) is 5.87. The molecule has 1 heterocycles. The van der Waals surface area contributed by atoms with E-state index in [1.54, 1.807) is 17.0 Å². The van der Waals surface area contributed by atoms with Crippen LogP contribution in [0, 0.1) is 11.7 Å². The van der Waals surface area contributed by atoms with Gasteiger partial charge >= 0.3 is 6.09 Å². The third-order valence-corrected chi connectivity index (χ3v) is 4.82. The van der Waals surface area contributed by atoms with Crippen molar-refractivity contribution in [3.05, 3.63) is 34.1 Å². The fourth-order valence-electron chi connectivity index (χ4n) is 2.92. The van der Waals surface area contributed by atoms with Gasteiger partial charge in [-0.3, -0.25) is 0 Å². The minimum absolute atomic E-state index is 0.112. The molecule has 0 N–H and O–H groups in total. The fraction of sp³-hybridized carbons (Fsp3) is 0.556. The molecule has 132 valence electrons. The number of piperidine rings is 1. The highest BCUT2D eigenvalue weighted by Gasteiger charge is 2.34. The summed E-state index contributed by atoms with van der Waals surface area (Å²) in [4.78, 5) is 25.3. The first kappa shape index (κ1) is 18.9. The summed E-state index contributed by atoms with van der Waals surface area (Å²) in [7, 11) is 0. The Kier molecular flexibility index (Phi) is 6.01. The van der Waals surface area contributed by atoms with Crippen LogP contribution < -0.4 is 0 Å². The van der Waals surface area contributed by atoms with Crippen LogP contribution in [0.5, 0.6) is 0 Å². The summed E-state index contributed by atoms with van der Waals surface area (Å²) in [6.07, 6.45) is 1.98. The number of rotatable bonds is 3. The topological polar surface area (TPSA) is 46.6 Å². The highest BCUT2D eigenvalue weighted by Crippen LogP contribution is 2.29. The van der Waals surface area contributed by atoms with E-state index in [1.807, 2.05) is 20.8 Å². The second kappa shape index (κ2) is 7.64. The van der Waals surface area contributed by atoms with Crippen molar-refractivity contribution in [2.75, 3.05) is 6.54 Å². The van der Waals surface area contributed by atoms with Gasteiger partial charge in [-0.1, -0.05) is 22.0 Å². The summed E-state index contributed by atoms with van der Waals surface area (Å²) in [5.41, 5.74) is -0.0792. The number of ether oxygens (including phenoxy) is 1. The van der Waals surface area contributed by atoms with Gasteiger partial charge < -0.3 is 14.4 Å². The summed E-state index contributed by atoms with van der Waals surface area (Å²) < 4.78 is 20.3. The van der Waals surface area contributed by atoms with Crippen molar-refractivity contribution in [1.82, 2.24) is 4.90 Å². The molecule has 1 aromatic rings. The van der Waals surface area contributed by atoms with Crippen molar-refractivity contribution in [2.24, 2.45) is 5.92 Å². The number of nitrogens with zero attached hydrogens (tertiary/aromatic N) is 1. The van der Waals surface area contributed by atoms with Gasteiger partial charge in [-0.05, 0) is 52.2 Å². The van der Waals surface area contributed by atoms with E-state index in [9.17, 15) is 14.0 Å². The van der Waals surface area contributed by atoms with Crippen LogP contribution in [0.15, 0.2) is 22.7 Å². The summed E-state index contributed by atoms with van der Waals surface area (Å²) in [6, 6.07) is 4.54. The van der Waals surface area contributed by atoms with E-state index in [-0.39, 0.29) is 17.8 Å². The lowest BCUT2D eigenvalue weighted by Gasteiger charge is -2.39. The van der Waals surface area contributed by atoms with Gasteiger partial charge in [0.05, 0.1) is 0 Å². The van der Waals surface area contributed by atoms with Gasteiger partial charge in [-0.25, -0.2) is 9.18 Å². The van der Waals surface area contributed by atoms with Gasteiger partial charge in [-0.2, -0.15) is 0 Å². The van der Waals surface area contributed by atoms with E-state index in [2.05, 4.69) is 15.9 Å². The maximum atomic E-state index is 14.1.